The van der Waals surface area contributed by atoms with Gasteiger partial charge in [0.25, 0.3) is 0 Å². The van der Waals surface area contributed by atoms with E-state index in [1.54, 1.807) is 19.1 Å². The fourth-order valence-electron chi connectivity index (χ4n) is 3.07. The third-order valence-corrected chi connectivity index (χ3v) is 4.17. The molecule has 0 aliphatic heterocycles. The Kier molecular flexibility index (Phi) is 4.89. The lowest BCUT2D eigenvalue weighted by Crippen LogP contribution is -2.25. The van der Waals surface area contributed by atoms with Crippen molar-refractivity contribution in [2.75, 3.05) is 6.61 Å². The van der Waals surface area contributed by atoms with Gasteiger partial charge in [0.15, 0.2) is 0 Å². The van der Waals surface area contributed by atoms with Gasteiger partial charge in [-0.05, 0) is 30.0 Å². The molecule has 0 amide bonds. The van der Waals surface area contributed by atoms with Gasteiger partial charge in [-0.1, -0.05) is 54.6 Å². The third-order valence-electron chi connectivity index (χ3n) is 4.17. The summed E-state index contributed by atoms with van der Waals surface area (Å²) in [6.07, 6.45) is 0.253. The number of ketones is 2. The summed E-state index contributed by atoms with van der Waals surface area (Å²) in [7, 11) is 0. The molecule has 3 rings (SSSR count). The summed E-state index contributed by atoms with van der Waals surface area (Å²) >= 11 is 0. The minimum Gasteiger partial charge on any atom is -0.466 e. The molecule has 4 nitrogen and oxygen atoms in total. The maximum absolute atomic E-state index is 12.7. The maximum atomic E-state index is 12.7. The lowest BCUT2D eigenvalue weighted by molar-refractivity contribution is -0.143. The Morgan fingerprint density at radius 1 is 0.880 bits per heavy atom. The number of benzene rings is 2. The summed E-state index contributed by atoms with van der Waals surface area (Å²) in [6.45, 7) is 2.03. The van der Waals surface area contributed by atoms with Gasteiger partial charge in [-0.25, -0.2) is 0 Å². The Balaban J connectivity index is 2.12. The number of allylic oxidation sites excluding steroid dienone is 1. The second-order valence-electron chi connectivity index (χ2n) is 5.73. The number of ether oxygens (including phenoxy) is 1. The van der Waals surface area contributed by atoms with Crippen molar-refractivity contribution >= 4 is 23.1 Å². The van der Waals surface area contributed by atoms with E-state index in [-0.39, 0.29) is 18.8 Å². The molecule has 1 aliphatic rings. The zero-order chi connectivity index (χ0) is 17.8. The van der Waals surface area contributed by atoms with Gasteiger partial charge < -0.3 is 4.74 Å². The zero-order valence-corrected chi connectivity index (χ0v) is 14.0. The van der Waals surface area contributed by atoms with Crippen LogP contribution in [0.25, 0.3) is 5.57 Å². The van der Waals surface area contributed by atoms with Gasteiger partial charge in [-0.15, -0.1) is 0 Å². The molecule has 0 saturated carbocycles. The molecule has 0 spiro atoms. The van der Waals surface area contributed by atoms with Crippen LogP contribution in [0, 0.1) is 0 Å². The van der Waals surface area contributed by atoms with Crippen molar-refractivity contribution in [3.05, 3.63) is 76.9 Å². The molecule has 0 saturated heterocycles. The molecular formula is C21H18O4. The van der Waals surface area contributed by atoms with E-state index < -0.39 is 11.6 Å². The quantitative estimate of drug-likeness (QED) is 0.619. The Morgan fingerprint density at radius 3 is 2.20 bits per heavy atom. The molecule has 0 heterocycles. The minimum absolute atomic E-state index is 0.0701. The maximum Gasteiger partial charge on any atom is 0.306 e. The second-order valence-corrected chi connectivity index (χ2v) is 5.73. The van der Waals surface area contributed by atoms with Crippen LogP contribution in [0.1, 0.15) is 41.3 Å². The number of carbonyl (C=O) groups excluding carboxylic acids is 3. The predicted molar refractivity (Wildman–Crippen MR) is 94.1 cm³/mol. The number of esters is 1. The molecule has 25 heavy (non-hydrogen) atoms. The number of hydrogen-bond acceptors (Lipinski definition) is 4. The SMILES string of the molecule is CCOC(=O)CCC1=C(c2ccccc2)c2ccccc2C(=O)C1=O. The van der Waals surface area contributed by atoms with E-state index in [2.05, 4.69) is 0 Å². The van der Waals surface area contributed by atoms with E-state index in [0.29, 0.717) is 17.7 Å². The van der Waals surface area contributed by atoms with Crippen molar-refractivity contribution in [1.29, 1.82) is 0 Å². The summed E-state index contributed by atoms with van der Waals surface area (Å²) in [5.74, 6) is -1.43. The second kappa shape index (κ2) is 7.26. The Hall–Kier alpha value is -3.01. The van der Waals surface area contributed by atoms with E-state index in [0.717, 1.165) is 16.7 Å². The van der Waals surface area contributed by atoms with Gasteiger partial charge in [0.05, 0.1) is 6.61 Å². The minimum atomic E-state index is -0.540. The molecule has 0 fully saturated rings. The first-order valence-electron chi connectivity index (χ1n) is 8.26. The number of carbonyl (C=O) groups is 3. The molecule has 126 valence electrons. The average Bonchev–Trinajstić information content (AvgIpc) is 2.64. The highest BCUT2D eigenvalue weighted by molar-refractivity contribution is 6.52. The highest BCUT2D eigenvalue weighted by atomic mass is 16.5. The zero-order valence-electron chi connectivity index (χ0n) is 14.0. The van der Waals surface area contributed by atoms with E-state index in [4.69, 9.17) is 4.74 Å². The Bertz CT molecular complexity index is 862. The molecule has 0 N–H and O–H groups in total. The van der Waals surface area contributed by atoms with Crippen LogP contribution in [0.2, 0.25) is 0 Å². The first kappa shape index (κ1) is 16.8. The summed E-state index contributed by atoms with van der Waals surface area (Å²) in [5.41, 5.74) is 3.10. The Morgan fingerprint density at radius 2 is 1.52 bits per heavy atom. The molecular weight excluding hydrogens is 316 g/mol. The normalized spacial score (nSPS) is 13.6. The van der Waals surface area contributed by atoms with Crippen LogP contribution in [0.5, 0.6) is 0 Å². The molecule has 0 aromatic heterocycles. The van der Waals surface area contributed by atoms with Gasteiger partial charge in [0.2, 0.25) is 11.6 Å². The van der Waals surface area contributed by atoms with E-state index in [1.165, 1.54) is 0 Å². The summed E-state index contributed by atoms with van der Waals surface area (Å²) in [6, 6.07) is 16.6. The van der Waals surface area contributed by atoms with Gasteiger partial charge in [0, 0.05) is 17.6 Å². The van der Waals surface area contributed by atoms with Crippen molar-refractivity contribution in [2.24, 2.45) is 0 Å². The number of fused-ring (bicyclic) bond motifs is 1. The lowest BCUT2D eigenvalue weighted by Gasteiger charge is -2.22. The van der Waals surface area contributed by atoms with Crippen LogP contribution in [0.3, 0.4) is 0 Å². The first-order chi connectivity index (χ1) is 12.1. The van der Waals surface area contributed by atoms with Gasteiger partial charge in [-0.3, -0.25) is 14.4 Å². The monoisotopic (exact) mass is 334 g/mol. The topological polar surface area (TPSA) is 60.4 Å². The van der Waals surface area contributed by atoms with E-state index >= 15 is 0 Å². The van der Waals surface area contributed by atoms with Crippen molar-refractivity contribution in [3.63, 3.8) is 0 Å². The molecule has 2 aromatic carbocycles. The average molecular weight is 334 g/mol. The van der Waals surface area contributed by atoms with Gasteiger partial charge >= 0.3 is 5.97 Å². The molecule has 0 atom stereocenters. The van der Waals surface area contributed by atoms with Crippen LogP contribution in [0.4, 0.5) is 0 Å². The first-order valence-corrected chi connectivity index (χ1v) is 8.26. The van der Waals surface area contributed by atoms with Crippen LogP contribution in [-0.4, -0.2) is 24.1 Å². The highest BCUT2D eigenvalue weighted by Crippen LogP contribution is 2.36. The summed E-state index contributed by atoms with van der Waals surface area (Å²) < 4.78 is 4.95. The van der Waals surface area contributed by atoms with Crippen molar-refractivity contribution in [1.82, 2.24) is 0 Å². The largest absolute Gasteiger partial charge is 0.466 e. The van der Waals surface area contributed by atoms with Gasteiger partial charge in [-0.2, -0.15) is 0 Å². The predicted octanol–water partition coefficient (Wildman–Crippen LogP) is 3.60. The van der Waals surface area contributed by atoms with Crippen molar-refractivity contribution in [3.8, 4) is 0 Å². The number of Topliss-reactive ketones (excluding diaryl/α,β-unsaturated/α-hetero) is 2. The van der Waals surface area contributed by atoms with Crippen LogP contribution >= 0.6 is 0 Å². The number of hydrogen-bond donors (Lipinski definition) is 0. The van der Waals surface area contributed by atoms with Crippen LogP contribution in [-0.2, 0) is 14.3 Å². The summed E-state index contributed by atoms with van der Waals surface area (Å²) in [5, 5.41) is 0. The standard InChI is InChI=1S/C21H18O4/c1-2-25-18(22)13-12-17-19(14-8-4-3-5-9-14)15-10-6-7-11-16(15)20(23)21(17)24/h3-11H,2,12-13H2,1H3. The molecule has 4 heteroatoms. The molecule has 0 unspecified atom stereocenters. The van der Waals surface area contributed by atoms with Gasteiger partial charge in [0.1, 0.15) is 0 Å². The van der Waals surface area contributed by atoms with Crippen LogP contribution < -0.4 is 0 Å². The van der Waals surface area contributed by atoms with E-state index in [9.17, 15) is 14.4 Å². The summed E-state index contributed by atoms with van der Waals surface area (Å²) in [4.78, 5) is 36.9. The van der Waals surface area contributed by atoms with E-state index in [1.807, 2.05) is 42.5 Å². The fourth-order valence-corrected chi connectivity index (χ4v) is 3.07. The molecule has 0 radical (unpaired) electrons. The lowest BCUT2D eigenvalue weighted by atomic mass is 9.79. The smallest absolute Gasteiger partial charge is 0.306 e. The number of rotatable bonds is 5. The van der Waals surface area contributed by atoms with Crippen molar-refractivity contribution in [2.45, 2.75) is 19.8 Å². The molecule has 2 aromatic rings. The molecule has 0 bridgehead atoms. The fraction of sp³-hybridized carbons (Fsp3) is 0.190. The third kappa shape index (κ3) is 3.29. The van der Waals surface area contributed by atoms with Crippen molar-refractivity contribution < 1.29 is 19.1 Å². The molecule has 1 aliphatic carbocycles. The Labute approximate surface area is 146 Å². The highest BCUT2D eigenvalue weighted by Gasteiger charge is 2.32. The van der Waals surface area contributed by atoms with Crippen LogP contribution in [0.15, 0.2) is 60.2 Å².